The maximum atomic E-state index is 13.1. The summed E-state index contributed by atoms with van der Waals surface area (Å²) >= 11 is 0. The van der Waals surface area contributed by atoms with Gasteiger partial charge in [0.05, 0.1) is 17.5 Å². The highest BCUT2D eigenvalue weighted by Gasteiger charge is 2.08. The molecule has 0 aliphatic rings. The molecule has 0 aliphatic heterocycles. The zero-order chi connectivity index (χ0) is 14.7. The van der Waals surface area contributed by atoms with Crippen molar-refractivity contribution >= 4 is 11.6 Å². The van der Waals surface area contributed by atoms with E-state index in [2.05, 4.69) is 20.5 Å². The van der Waals surface area contributed by atoms with E-state index in [9.17, 15) is 9.18 Å². The summed E-state index contributed by atoms with van der Waals surface area (Å²) in [7, 11) is 0. The van der Waals surface area contributed by atoms with Crippen molar-refractivity contribution in [1.29, 1.82) is 0 Å². The Hall–Kier alpha value is -3.02. The zero-order valence-corrected chi connectivity index (χ0v) is 10.9. The van der Waals surface area contributed by atoms with E-state index in [0.29, 0.717) is 5.69 Å². The number of benzene rings is 1. The molecule has 3 rings (SSSR count). The number of aromatic amines is 1. The maximum absolute atomic E-state index is 13.1. The molecule has 1 amide bonds. The van der Waals surface area contributed by atoms with Gasteiger partial charge in [-0.15, -0.1) is 0 Å². The van der Waals surface area contributed by atoms with Crippen LogP contribution in [0, 0.1) is 5.82 Å². The van der Waals surface area contributed by atoms with Gasteiger partial charge in [-0.2, -0.15) is 5.10 Å². The van der Waals surface area contributed by atoms with E-state index in [1.54, 1.807) is 18.3 Å². The summed E-state index contributed by atoms with van der Waals surface area (Å²) in [6, 6.07) is 10.2. The van der Waals surface area contributed by atoms with Gasteiger partial charge in [-0.1, -0.05) is 12.1 Å². The molecule has 0 aliphatic carbocycles. The third kappa shape index (κ3) is 2.94. The van der Waals surface area contributed by atoms with Crippen molar-refractivity contribution in [3.63, 3.8) is 0 Å². The molecule has 2 aromatic heterocycles. The fourth-order valence-corrected chi connectivity index (χ4v) is 1.92. The van der Waals surface area contributed by atoms with Gasteiger partial charge in [0.2, 0.25) is 0 Å². The molecule has 0 saturated carbocycles. The minimum atomic E-state index is -0.547. The van der Waals surface area contributed by atoms with Crippen molar-refractivity contribution in [3.05, 3.63) is 66.4 Å². The molecule has 0 bridgehead atoms. The molecular weight excluding hydrogens is 271 g/mol. The number of pyridine rings is 1. The van der Waals surface area contributed by atoms with Crippen molar-refractivity contribution < 1.29 is 9.18 Å². The lowest BCUT2D eigenvalue weighted by Crippen LogP contribution is -2.12. The van der Waals surface area contributed by atoms with Crippen LogP contribution in [0.25, 0.3) is 11.3 Å². The first-order valence-corrected chi connectivity index (χ1v) is 6.24. The van der Waals surface area contributed by atoms with E-state index in [4.69, 9.17) is 0 Å². The van der Waals surface area contributed by atoms with Gasteiger partial charge in [0.1, 0.15) is 5.82 Å². The molecule has 6 heteroatoms. The van der Waals surface area contributed by atoms with Crippen LogP contribution >= 0.6 is 0 Å². The number of amides is 1. The van der Waals surface area contributed by atoms with Gasteiger partial charge in [0.15, 0.2) is 0 Å². The highest BCUT2D eigenvalue weighted by molar-refractivity contribution is 6.04. The second-order valence-corrected chi connectivity index (χ2v) is 4.40. The number of hydrogen-bond donors (Lipinski definition) is 2. The third-order valence-electron chi connectivity index (χ3n) is 2.90. The minimum absolute atomic E-state index is 0.168. The largest absolute Gasteiger partial charge is 0.322 e. The summed E-state index contributed by atoms with van der Waals surface area (Å²) in [5, 5.41) is 9.44. The second-order valence-electron chi connectivity index (χ2n) is 4.40. The molecule has 21 heavy (non-hydrogen) atoms. The van der Waals surface area contributed by atoms with Gasteiger partial charge >= 0.3 is 0 Å². The number of hydrogen-bond acceptors (Lipinski definition) is 3. The van der Waals surface area contributed by atoms with E-state index in [1.807, 2.05) is 18.2 Å². The number of rotatable bonds is 3. The van der Waals surface area contributed by atoms with Crippen LogP contribution in [0.3, 0.4) is 0 Å². The van der Waals surface area contributed by atoms with E-state index >= 15 is 0 Å². The normalized spacial score (nSPS) is 10.3. The molecule has 2 N–H and O–H groups in total. The Balaban J connectivity index is 1.82. The SMILES string of the molecule is O=C(Nc1cccc(-c2ccn[nH]2)c1)c1cncc(F)c1. The summed E-state index contributed by atoms with van der Waals surface area (Å²) in [6.45, 7) is 0. The quantitative estimate of drug-likeness (QED) is 0.776. The number of nitrogens with one attached hydrogen (secondary N) is 2. The average molecular weight is 282 g/mol. The predicted molar refractivity (Wildman–Crippen MR) is 76.2 cm³/mol. The summed E-state index contributed by atoms with van der Waals surface area (Å²) in [5.74, 6) is -0.961. The van der Waals surface area contributed by atoms with E-state index in [0.717, 1.165) is 23.5 Å². The average Bonchev–Trinajstić information content (AvgIpc) is 3.02. The monoisotopic (exact) mass is 282 g/mol. The van der Waals surface area contributed by atoms with Gasteiger partial charge < -0.3 is 5.32 Å². The lowest BCUT2D eigenvalue weighted by Gasteiger charge is -2.06. The summed E-state index contributed by atoms with van der Waals surface area (Å²) in [4.78, 5) is 15.7. The summed E-state index contributed by atoms with van der Waals surface area (Å²) < 4.78 is 13.1. The second kappa shape index (κ2) is 5.54. The molecule has 5 nitrogen and oxygen atoms in total. The van der Waals surface area contributed by atoms with E-state index in [1.165, 1.54) is 6.20 Å². The Bertz CT molecular complexity index is 771. The van der Waals surface area contributed by atoms with Gasteiger partial charge in [0, 0.05) is 23.6 Å². The highest BCUT2D eigenvalue weighted by atomic mass is 19.1. The van der Waals surface area contributed by atoms with Gasteiger partial charge in [-0.05, 0) is 24.3 Å². The molecular formula is C15H11FN4O. The Labute approximate surface area is 119 Å². The van der Waals surface area contributed by atoms with Crippen LogP contribution in [0.4, 0.5) is 10.1 Å². The van der Waals surface area contributed by atoms with Gasteiger partial charge in [0.25, 0.3) is 5.91 Å². The number of aromatic nitrogens is 3. The number of halogens is 1. The Kier molecular flexibility index (Phi) is 3.42. The lowest BCUT2D eigenvalue weighted by atomic mass is 10.1. The molecule has 0 saturated heterocycles. The lowest BCUT2D eigenvalue weighted by molar-refractivity contribution is 0.102. The minimum Gasteiger partial charge on any atom is -0.322 e. The molecule has 0 fully saturated rings. The van der Waals surface area contributed by atoms with Crippen LogP contribution in [0.1, 0.15) is 10.4 Å². The van der Waals surface area contributed by atoms with Crippen LogP contribution in [-0.4, -0.2) is 21.1 Å². The van der Waals surface area contributed by atoms with E-state index < -0.39 is 11.7 Å². The molecule has 3 aromatic rings. The first-order chi connectivity index (χ1) is 10.2. The topological polar surface area (TPSA) is 70.7 Å². The van der Waals surface area contributed by atoms with Crippen molar-refractivity contribution in [3.8, 4) is 11.3 Å². The van der Waals surface area contributed by atoms with Gasteiger partial charge in [-0.3, -0.25) is 14.9 Å². The Morgan fingerprint density at radius 3 is 2.86 bits per heavy atom. The van der Waals surface area contributed by atoms with Crippen LogP contribution in [0.15, 0.2) is 55.0 Å². The number of carbonyl (C=O) groups excluding carboxylic acids is 1. The van der Waals surface area contributed by atoms with Crippen molar-refractivity contribution in [2.45, 2.75) is 0 Å². The number of carbonyl (C=O) groups is 1. The first-order valence-electron chi connectivity index (χ1n) is 6.24. The molecule has 0 atom stereocenters. The summed E-state index contributed by atoms with van der Waals surface area (Å²) in [6.07, 6.45) is 4.02. The predicted octanol–water partition coefficient (Wildman–Crippen LogP) is 2.86. The number of H-pyrrole nitrogens is 1. The highest BCUT2D eigenvalue weighted by Crippen LogP contribution is 2.20. The van der Waals surface area contributed by atoms with Crippen LogP contribution in [-0.2, 0) is 0 Å². The van der Waals surface area contributed by atoms with Gasteiger partial charge in [-0.25, -0.2) is 4.39 Å². The molecule has 0 spiro atoms. The summed E-state index contributed by atoms with van der Waals surface area (Å²) in [5.41, 5.74) is 2.51. The van der Waals surface area contributed by atoms with E-state index in [-0.39, 0.29) is 5.56 Å². The van der Waals surface area contributed by atoms with Crippen molar-refractivity contribution in [2.24, 2.45) is 0 Å². The fraction of sp³-hybridized carbons (Fsp3) is 0. The molecule has 0 unspecified atom stereocenters. The smallest absolute Gasteiger partial charge is 0.257 e. The van der Waals surface area contributed by atoms with Crippen LogP contribution in [0.5, 0.6) is 0 Å². The molecule has 0 radical (unpaired) electrons. The molecule has 104 valence electrons. The van der Waals surface area contributed by atoms with Crippen LogP contribution in [0.2, 0.25) is 0 Å². The molecule has 2 heterocycles. The Morgan fingerprint density at radius 1 is 1.19 bits per heavy atom. The van der Waals surface area contributed by atoms with Crippen molar-refractivity contribution in [2.75, 3.05) is 5.32 Å². The fourth-order valence-electron chi connectivity index (χ4n) is 1.92. The third-order valence-corrected chi connectivity index (χ3v) is 2.90. The maximum Gasteiger partial charge on any atom is 0.257 e. The van der Waals surface area contributed by atoms with Crippen molar-refractivity contribution in [1.82, 2.24) is 15.2 Å². The van der Waals surface area contributed by atoms with Crippen LogP contribution < -0.4 is 5.32 Å². The number of anilines is 1. The Morgan fingerprint density at radius 2 is 2.10 bits per heavy atom. The first kappa shape index (κ1) is 13.0. The molecule has 1 aromatic carbocycles. The zero-order valence-electron chi connectivity index (χ0n) is 10.9. The standard InChI is InChI=1S/C15H11FN4O/c16-12-6-11(8-17-9-12)15(21)19-13-3-1-2-10(7-13)14-4-5-18-20-14/h1-9H,(H,18,20)(H,19,21). The number of nitrogens with zero attached hydrogens (tertiary/aromatic N) is 2.